The van der Waals surface area contributed by atoms with Crippen LogP contribution in [0, 0.1) is 0 Å². The second-order valence-electron chi connectivity index (χ2n) is 0. The van der Waals surface area contributed by atoms with E-state index in [1.165, 1.54) is 0 Å². The van der Waals surface area contributed by atoms with Crippen LogP contribution in [-0.4, -0.2) is 17.4 Å². The van der Waals surface area contributed by atoms with Gasteiger partial charge in [0.1, 0.15) is 0 Å². The fraction of sp³-hybridized carbons (Fsp3) is 0. The Morgan fingerprint density at radius 2 is 0.500 bits per heavy atom. The molecule has 4 heavy (non-hydrogen) atoms. The molecule has 0 aromatic heterocycles. The van der Waals surface area contributed by atoms with E-state index in [0.29, 0.717) is 0 Å². The van der Waals surface area contributed by atoms with Crippen LogP contribution in [0.5, 0.6) is 0 Å². The summed E-state index contributed by atoms with van der Waals surface area (Å²) in [5.41, 5.74) is 0. The third kappa shape index (κ3) is 8.83. The van der Waals surface area contributed by atoms with Gasteiger partial charge in [-0.2, -0.15) is 0 Å². The van der Waals surface area contributed by atoms with Gasteiger partial charge in [-0.25, -0.2) is 0 Å². The molecule has 0 heterocycles. The third-order valence-corrected chi connectivity index (χ3v) is 0. The summed E-state index contributed by atoms with van der Waals surface area (Å²) in [5, 5.41) is 0. The Kier molecular flexibility index (Phi) is 126. The number of rotatable bonds is 0. The number of hydrogen-bond donors (Lipinski definition) is 0. The van der Waals surface area contributed by atoms with Gasteiger partial charge in [0.25, 0.3) is 0 Å². The molecule has 0 rings (SSSR count). The molecule has 0 spiro atoms. The summed E-state index contributed by atoms with van der Waals surface area (Å²) < 4.78 is 0. The van der Waals surface area contributed by atoms with Gasteiger partial charge in [0.2, 0.25) is 0 Å². The van der Waals surface area contributed by atoms with Crippen molar-refractivity contribution in [2.24, 2.45) is 0 Å². The first-order chi connectivity index (χ1) is 0. The Morgan fingerprint density at radius 1 is 0.500 bits per heavy atom. The minimum absolute atomic E-state index is 0. The zero-order chi connectivity index (χ0) is 0. The maximum absolute atomic E-state index is 0. The molecule has 0 saturated carbocycles. The molecule has 0 aliphatic carbocycles. The van der Waals surface area contributed by atoms with Crippen LogP contribution >= 0.6 is 0 Å². The normalized spacial score (nSPS) is 0. The van der Waals surface area contributed by atoms with Crippen LogP contribution in [0.25, 0.3) is 0 Å². The largest absolute Gasteiger partial charge is 0 e. The van der Waals surface area contributed by atoms with Crippen molar-refractivity contribution in [1.82, 2.24) is 0 Å². The molecule has 18 valence electrons. The van der Waals surface area contributed by atoms with E-state index in [-0.39, 0.29) is 84.5 Å². The molecule has 0 aliphatic heterocycles. The van der Waals surface area contributed by atoms with E-state index in [9.17, 15) is 0 Å². The zero-order valence-corrected chi connectivity index (χ0v) is 12.7. The first-order valence-corrected chi connectivity index (χ1v) is 0. The van der Waals surface area contributed by atoms with Crippen molar-refractivity contribution in [3.8, 4) is 0 Å². The molecule has 4 heteroatoms. The molecule has 0 N–H and O–H groups in total. The molecule has 0 aliphatic rings. The van der Waals surface area contributed by atoms with E-state index >= 15 is 0 Å². The molecule has 0 fully saturated rings. The van der Waals surface area contributed by atoms with Gasteiger partial charge in [0.15, 0.2) is 0 Å². The van der Waals surface area contributed by atoms with Crippen LogP contribution in [-0.2, 0) is 67.1 Å². The third-order valence-electron chi connectivity index (χ3n) is 0. The van der Waals surface area contributed by atoms with Crippen LogP contribution in [0.3, 0.4) is 0 Å². The second-order valence-corrected chi connectivity index (χ2v) is 0. The topological polar surface area (TPSA) is 0 Å². The first-order valence-electron chi connectivity index (χ1n) is 0. The first kappa shape index (κ1) is 29.5. The van der Waals surface area contributed by atoms with E-state index in [0.717, 1.165) is 0 Å². The molecule has 0 nitrogen and oxygen atoms in total. The van der Waals surface area contributed by atoms with Crippen molar-refractivity contribution < 1.29 is 67.1 Å². The van der Waals surface area contributed by atoms with Crippen molar-refractivity contribution in [1.29, 1.82) is 0 Å². The van der Waals surface area contributed by atoms with Crippen molar-refractivity contribution >= 4 is 17.4 Å². The van der Waals surface area contributed by atoms with Gasteiger partial charge < -0.3 is 0 Å². The average Bonchev–Trinajstić information content (AvgIpc) is 0. The number of hydrogen-bond acceptors (Lipinski definition) is 0. The van der Waals surface area contributed by atoms with Crippen molar-refractivity contribution in [3.63, 3.8) is 0 Å². The monoisotopic (exact) mass is 570 g/mol. The smallest absolute Gasteiger partial charge is 0 e. The standard InChI is InChI=1S/Al.3Ta. The van der Waals surface area contributed by atoms with Gasteiger partial charge in [0, 0.05) is 84.5 Å². The Labute approximate surface area is 83.1 Å². The van der Waals surface area contributed by atoms with Crippen LogP contribution in [0.1, 0.15) is 0 Å². The van der Waals surface area contributed by atoms with Crippen molar-refractivity contribution in [2.45, 2.75) is 0 Å². The second kappa shape index (κ2) is 17.1. The maximum Gasteiger partial charge on any atom is 0 e. The summed E-state index contributed by atoms with van der Waals surface area (Å²) in [7, 11) is 0. The van der Waals surface area contributed by atoms with E-state index in [2.05, 4.69) is 0 Å². The Hall–Kier alpha value is 2.75. The zero-order valence-electron chi connectivity index (χ0n) is 1.92. The predicted octanol–water partition coefficient (Wildman–Crippen LogP) is -0.388. The van der Waals surface area contributed by atoms with Crippen molar-refractivity contribution in [2.75, 3.05) is 0 Å². The van der Waals surface area contributed by atoms with E-state index < -0.39 is 0 Å². The fourth-order valence-electron chi connectivity index (χ4n) is 0. The quantitative estimate of drug-likeness (QED) is 0.349. The predicted molar refractivity (Wildman–Crippen MR) is 5.75 cm³/mol. The van der Waals surface area contributed by atoms with Gasteiger partial charge in [-0.1, -0.05) is 0 Å². The summed E-state index contributed by atoms with van der Waals surface area (Å²) in [6.07, 6.45) is 0. The summed E-state index contributed by atoms with van der Waals surface area (Å²) >= 11 is 0. The molecular formula is AlTa3. The van der Waals surface area contributed by atoms with Crippen LogP contribution in [0.4, 0.5) is 0 Å². The van der Waals surface area contributed by atoms with Gasteiger partial charge in [-0.05, 0) is 0 Å². The molecule has 0 aromatic carbocycles. The SMILES string of the molecule is [Al].[Ta].[Ta].[Ta]. The van der Waals surface area contributed by atoms with E-state index in [1.54, 1.807) is 0 Å². The minimum atomic E-state index is 0. The molecular weight excluding hydrogens is 570 g/mol. The van der Waals surface area contributed by atoms with Gasteiger partial charge in [-0.15, -0.1) is 0 Å². The molecule has 0 amide bonds. The molecule has 6 radical (unpaired) electrons. The van der Waals surface area contributed by atoms with Crippen LogP contribution in [0.15, 0.2) is 0 Å². The summed E-state index contributed by atoms with van der Waals surface area (Å²) in [6, 6.07) is 0. The Bertz CT molecular complexity index is 3.25. The molecule has 0 atom stereocenters. The Morgan fingerprint density at radius 3 is 0.500 bits per heavy atom. The summed E-state index contributed by atoms with van der Waals surface area (Å²) in [4.78, 5) is 0. The molecule has 0 unspecified atom stereocenters. The van der Waals surface area contributed by atoms with Crippen molar-refractivity contribution in [3.05, 3.63) is 0 Å². The Balaban J connectivity index is 0. The van der Waals surface area contributed by atoms with Gasteiger partial charge in [-0.3, -0.25) is 0 Å². The van der Waals surface area contributed by atoms with Gasteiger partial charge in [0.05, 0.1) is 0 Å². The summed E-state index contributed by atoms with van der Waals surface area (Å²) in [6.45, 7) is 0. The molecule has 0 bridgehead atoms. The minimum Gasteiger partial charge on any atom is 0 e. The summed E-state index contributed by atoms with van der Waals surface area (Å²) in [5.74, 6) is 0. The van der Waals surface area contributed by atoms with Gasteiger partial charge >= 0.3 is 0 Å². The molecule has 0 saturated heterocycles. The van der Waals surface area contributed by atoms with Crippen LogP contribution in [0.2, 0.25) is 0 Å². The molecule has 0 aromatic rings. The fourth-order valence-corrected chi connectivity index (χ4v) is 0. The van der Waals surface area contributed by atoms with Crippen LogP contribution < -0.4 is 0 Å². The van der Waals surface area contributed by atoms with E-state index in [1.807, 2.05) is 0 Å². The van der Waals surface area contributed by atoms with E-state index in [4.69, 9.17) is 0 Å². The maximum atomic E-state index is 0. The average molecular weight is 570 g/mol.